The third-order valence-corrected chi connectivity index (χ3v) is 22.1. The molecular formula is C98H94N8. The highest BCUT2D eigenvalue weighted by Gasteiger charge is 2.31. The molecule has 0 fully saturated rings. The average molecular weight is 1380 g/mol. The smallest absolute Gasteiger partial charge is 0.0949 e. The van der Waals surface area contributed by atoms with Crippen LogP contribution in [0.2, 0.25) is 0 Å². The van der Waals surface area contributed by atoms with Crippen LogP contribution in [0.1, 0.15) is 128 Å². The molecule has 0 atom stereocenters. The third-order valence-electron chi connectivity index (χ3n) is 22.1. The van der Waals surface area contributed by atoms with Crippen LogP contribution in [0.15, 0.2) is 279 Å². The zero-order chi connectivity index (χ0) is 73.6. The Hall–Kier alpha value is -11.7. The Bertz CT molecular complexity index is 5880. The van der Waals surface area contributed by atoms with E-state index in [1.807, 2.05) is 0 Å². The van der Waals surface area contributed by atoms with Crippen molar-refractivity contribution in [3.8, 4) is 22.7 Å². The zero-order valence-corrected chi connectivity index (χ0v) is 64.1. The van der Waals surface area contributed by atoms with Crippen molar-refractivity contribution in [3.63, 3.8) is 0 Å². The minimum Gasteiger partial charge on any atom is -0.310 e. The minimum absolute atomic E-state index is 0.0523. The molecule has 13 aromatic carbocycles. The normalized spacial score (nSPS) is 12.5. The summed E-state index contributed by atoms with van der Waals surface area (Å²) in [5.74, 6) is 0. The molecule has 17 rings (SSSR count). The quantitative estimate of drug-likeness (QED) is 0.101. The van der Waals surface area contributed by atoms with Crippen LogP contribution in [0.4, 0.5) is 34.1 Å². The molecule has 0 aliphatic carbocycles. The molecule has 0 unspecified atom stereocenters. The van der Waals surface area contributed by atoms with Gasteiger partial charge in [-0.3, -0.25) is 0 Å². The van der Waals surface area contributed by atoms with Crippen molar-refractivity contribution in [2.75, 3.05) is 9.80 Å². The molecule has 0 N–H and O–H groups in total. The maximum Gasteiger partial charge on any atom is 0.0949 e. The second-order valence-corrected chi connectivity index (χ2v) is 33.5. The highest BCUT2D eigenvalue weighted by Crippen LogP contribution is 2.49. The van der Waals surface area contributed by atoms with E-state index < -0.39 is 0 Å². The molecule has 0 bridgehead atoms. The number of rotatable bonds is 10. The number of para-hydroxylation sites is 8. The van der Waals surface area contributed by atoms with E-state index in [0.29, 0.717) is 0 Å². The van der Waals surface area contributed by atoms with Crippen LogP contribution in [0.5, 0.6) is 0 Å². The first-order valence-electron chi connectivity index (χ1n) is 37.6. The molecule has 4 aromatic heterocycles. The molecule has 4 heterocycles. The largest absolute Gasteiger partial charge is 0.310 e. The summed E-state index contributed by atoms with van der Waals surface area (Å²) in [4.78, 5) is 5.08. The van der Waals surface area contributed by atoms with Crippen molar-refractivity contribution < 1.29 is 0 Å². The molecule has 0 saturated heterocycles. The maximum absolute atomic E-state index is 2.59. The topological polar surface area (TPSA) is 35.0 Å². The van der Waals surface area contributed by atoms with E-state index in [1.54, 1.807) is 0 Å². The number of fused-ring (bicyclic) bond motifs is 8. The fourth-order valence-electron chi connectivity index (χ4n) is 16.5. The van der Waals surface area contributed by atoms with Crippen molar-refractivity contribution in [1.29, 1.82) is 0 Å². The summed E-state index contributed by atoms with van der Waals surface area (Å²) in [5.41, 5.74) is 35.4. The molecule has 106 heavy (non-hydrogen) atoms. The number of hydrogen-bond acceptors (Lipinski definition) is 2. The van der Waals surface area contributed by atoms with Gasteiger partial charge in [0.15, 0.2) is 0 Å². The van der Waals surface area contributed by atoms with Gasteiger partial charge in [-0.05, 0) is 227 Å². The van der Waals surface area contributed by atoms with Gasteiger partial charge in [0.05, 0.1) is 88.6 Å². The van der Waals surface area contributed by atoms with Crippen molar-refractivity contribution >= 4 is 111 Å². The summed E-state index contributed by atoms with van der Waals surface area (Å²) in [6.07, 6.45) is 0. The zero-order valence-electron chi connectivity index (χ0n) is 64.1. The minimum atomic E-state index is -0.0523. The van der Waals surface area contributed by atoms with Crippen LogP contribution in [0, 0.1) is 27.7 Å². The van der Waals surface area contributed by atoms with E-state index in [2.05, 4.69) is 427 Å². The van der Waals surface area contributed by atoms with Crippen LogP contribution in [0.3, 0.4) is 0 Å². The summed E-state index contributed by atoms with van der Waals surface area (Å²) < 4.78 is 15.3. The second kappa shape index (κ2) is 25.0. The van der Waals surface area contributed by atoms with Crippen molar-refractivity contribution in [1.82, 2.24) is 27.1 Å². The van der Waals surface area contributed by atoms with Gasteiger partial charge >= 0.3 is 0 Å². The number of hydrogen-bond donors (Lipinski definition) is 0. The Labute approximate surface area is 623 Å². The van der Waals surface area contributed by atoms with Gasteiger partial charge in [0.25, 0.3) is 0 Å². The van der Waals surface area contributed by atoms with Crippen LogP contribution in [-0.4, -0.2) is 27.1 Å². The number of nitrogens with zero attached hydrogens (tertiary/aromatic N) is 8. The molecule has 0 amide bonds. The lowest BCUT2D eigenvalue weighted by molar-refractivity contribution is 0.589. The van der Waals surface area contributed by atoms with Crippen LogP contribution in [-0.2, 0) is 21.7 Å². The van der Waals surface area contributed by atoms with Gasteiger partial charge in [0.2, 0.25) is 0 Å². The highest BCUT2D eigenvalue weighted by molar-refractivity contribution is 6.13. The van der Waals surface area contributed by atoms with Crippen molar-refractivity contribution in [3.05, 3.63) is 324 Å². The van der Waals surface area contributed by atoms with Crippen molar-refractivity contribution in [2.45, 2.75) is 132 Å². The lowest BCUT2D eigenvalue weighted by atomic mass is 9.85. The van der Waals surface area contributed by atoms with Gasteiger partial charge in [-0.2, -0.15) is 0 Å². The van der Waals surface area contributed by atoms with E-state index >= 15 is 0 Å². The van der Waals surface area contributed by atoms with Crippen LogP contribution in [0.25, 0.3) is 100.0 Å². The SMILES string of the molecule is Cc1cc(C(C)(C)C)ccc1N(c1cc2c3c(c1)n(-c1ccccc1)c1cc4c(cc1n3c1ccccc1n2-c1ccccc1)n1c2ccccc2n(-c2ccccc2)c2cc(N(c3ccc(C(C)(C)C)cc3C)c3ccc(C(C)(C)C)cc3C)cc(c21)n4-c1ccccc1)c1ccc(C(C)(C)C)cc1C. The Morgan fingerprint density at radius 3 is 0.679 bits per heavy atom. The summed E-state index contributed by atoms with van der Waals surface area (Å²) in [6, 6.07) is 106. The average Bonchev–Trinajstić information content (AvgIpc) is 0.682. The Morgan fingerprint density at radius 2 is 0.434 bits per heavy atom. The highest BCUT2D eigenvalue weighted by atomic mass is 15.2. The summed E-state index contributed by atoms with van der Waals surface area (Å²) in [5, 5.41) is 0. The van der Waals surface area contributed by atoms with Gasteiger partial charge in [-0.15, -0.1) is 0 Å². The third kappa shape index (κ3) is 11.2. The van der Waals surface area contributed by atoms with Gasteiger partial charge in [0, 0.05) is 45.5 Å². The molecule has 0 aliphatic heterocycles. The van der Waals surface area contributed by atoms with Crippen LogP contribution >= 0.6 is 0 Å². The van der Waals surface area contributed by atoms with Crippen molar-refractivity contribution in [2.24, 2.45) is 0 Å². The summed E-state index contributed by atoms with van der Waals surface area (Å²) in [7, 11) is 0. The summed E-state index contributed by atoms with van der Waals surface area (Å²) in [6.45, 7) is 36.9. The van der Waals surface area contributed by atoms with Gasteiger partial charge < -0.3 is 36.9 Å². The Kier molecular flexibility index (Phi) is 15.9. The summed E-state index contributed by atoms with van der Waals surface area (Å²) >= 11 is 0. The molecule has 17 aromatic rings. The van der Waals surface area contributed by atoms with E-state index in [0.717, 1.165) is 134 Å². The molecule has 526 valence electrons. The number of aryl methyl sites for hydroxylation is 4. The molecule has 8 nitrogen and oxygen atoms in total. The second-order valence-electron chi connectivity index (χ2n) is 33.5. The number of anilines is 6. The monoisotopic (exact) mass is 1380 g/mol. The fourth-order valence-corrected chi connectivity index (χ4v) is 16.5. The van der Waals surface area contributed by atoms with E-state index in [4.69, 9.17) is 0 Å². The Balaban J connectivity index is 1.10. The molecule has 0 radical (unpaired) electrons. The van der Waals surface area contributed by atoms with E-state index in [9.17, 15) is 0 Å². The predicted octanol–water partition coefficient (Wildman–Crippen LogP) is 26.8. The number of aromatic nitrogens is 6. The van der Waals surface area contributed by atoms with E-state index in [-0.39, 0.29) is 21.7 Å². The Morgan fingerprint density at radius 1 is 0.208 bits per heavy atom. The van der Waals surface area contributed by atoms with Gasteiger partial charge in [-0.25, -0.2) is 0 Å². The first-order valence-corrected chi connectivity index (χ1v) is 37.6. The van der Waals surface area contributed by atoms with Gasteiger partial charge in [0.1, 0.15) is 0 Å². The lowest BCUT2D eigenvalue weighted by Gasteiger charge is -2.33. The molecule has 0 spiro atoms. The molecular weight excluding hydrogens is 1290 g/mol. The first kappa shape index (κ1) is 67.4. The fraction of sp³-hybridized carbons (Fsp3) is 0.204. The van der Waals surface area contributed by atoms with E-state index in [1.165, 1.54) is 44.5 Å². The molecule has 0 aliphatic rings. The molecule has 8 heteroatoms. The molecule has 0 saturated carbocycles. The maximum atomic E-state index is 2.59. The first-order chi connectivity index (χ1) is 50.8. The van der Waals surface area contributed by atoms with Gasteiger partial charge in [-0.1, -0.05) is 229 Å². The van der Waals surface area contributed by atoms with Crippen LogP contribution < -0.4 is 9.80 Å². The standard InChI is InChI=1S/C98H94N8/c1-63-53-67(95(5,6)7)45-49-77(63)103(78-50-46-68(54-64(78)2)96(8,9)10)75-57-89-93-91(59-75)101(73-37-25-19-26-38-73)85-61-86-88(62-87(85)105(93)83-43-31-29-41-81(83)99(89)71-33-21-17-22-34-71)106-84-44-32-30-42-82(84)100(72-35-23-18-24-36-72)90-58-76(60-92(94(90)106)102(86)74-39-27-20-28-40-74)104(79-51-47-69(55-65(79)3)97(11,12)13)80-52-48-70(56-66(80)4)98(14,15)16/h17-62H,1-16H3. The predicted molar refractivity (Wildman–Crippen MR) is 451 cm³/mol. The number of benzene rings is 13. The lowest BCUT2D eigenvalue weighted by Crippen LogP contribution is -2.18.